The number of Topliss-reactive ketones (excluding diaryl/α,β-unsaturated/α-hetero) is 6. The molecule has 2 unspecified atom stereocenters. The van der Waals surface area contributed by atoms with Crippen LogP contribution in [0.5, 0.6) is 0 Å². The molecule has 44 heavy (non-hydrogen) atoms. The number of carbonyl (C=O) groups is 8. The zero-order valence-corrected chi connectivity index (χ0v) is 24.0. The molecule has 0 N–H and O–H groups in total. The van der Waals surface area contributed by atoms with Crippen molar-refractivity contribution in [2.24, 2.45) is 11.8 Å². The maximum Gasteiger partial charge on any atom is 0.410 e. The normalized spacial score (nSPS) is 24.0. The van der Waals surface area contributed by atoms with E-state index in [9.17, 15) is 38.4 Å². The van der Waals surface area contributed by atoms with Crippen molar-refractivity contribution in [2.75, 3.05) is 27.3 Å². The zero-order valence-electron chi connectivity index (χ0n) is 24.0. The highest BCUT2D eigenvalue weighted by molar-refractivity contribution is 6.37. The number of methoxy groups -OCH3 is 2. The summed E-state index contributed by atoms with van der Waals surface area (Å²) in [7, 11) is 2.39. The minimum absolute atomic E-state index is 0.0496. The molecule has 2 aliphatic carbocycles. The number of hydrogen-bond donors (Lipinski definition) is 0. The molecule has 2 aromatic rings. The lowest BCUT2D eigenvalue weighted by molar-refractivity contribution is -0.125. The molecule has 0 bridgehead atoms. The second-order valence-corrected chi connectivity index (χ2v) is 11.3. The Hall–Kier alpha value is -5.00. The van der Waals surface area contributed by atoms with Crippen LogP contribution in [0.15, 0.2) is 36.4 Å². The van der Waals surface area contributed by atoms with Crippen LogP contribution in [0.3, 0.4) is 0 Å². The van der Waals surface area contributed by atoms with E-state index in [-0.39, 0.29) is 35.3 Å². The van der Waals surface area contributed by atoms with E-state index in [1.54, 1.807) is 12.1 Å². The third kappa shape index (κ3) is 4.35. The van der Waals surface area contributed by atoms with Crippen LogP contribution in [0, 0.1) is 11.8 Å². The van der Waals surface area contributed by atoms with E-state index in [0.29, 0.717) is 36.8 Å². The van der Waals surface area contributed by atoms with Crippen molar-refractivity contribution in [3.05, 3.63) is 58.7 Å². The Kier molecular flexibility index (Phi) is 7.22. The molecule has 0 spiro atoms. The summed E-state index contributed by atoms with van der Waals surface area (Å²) in [5.41, 5.74) is 1.19. The average Bonchev–Trinajstić information content (AvgIpc) is 3.82. The van der Waals surface area contributed by atoms with Crippen molar-refractivity contribution in [2.45, 2.75) is 37.8 Å². The van der Waals surface area contributed by atoms with E-state index in [1.807, 2.05) is 0 Å². The molecule has 2 aromatic carbocycles. The minimum atomic E-state index is -1.57. The molecule has 226 valence electrons. The lowest BCUT2D eigenvalue weighted by Crippen LogP contribution is -2.45. The maximum absolute atomic E-state index is 13.4. The molecule has 12 heteroatoms. The number of carbonyl (C=O) groups excluding carboxylic acids is 8. The van der Waals surface area contributed by atoms with Crippen LogP contribution in [-0.2, 0) is 19.1 Å². The highest BCUT2D eigenvalue weighted by Crippen LogP contribution is 2.37. The van der Waals surface area contributed by atoms with Gasteiger partial charge in [0.2, 0.25) is 0 Å². The first-order chi connectivity index (χ1) is 21.1. The van der Waals surface area contributed by atoms with E-state index in [1.165, 1.54) is 48.3 Å². The second-order valence-electron chi connectivity index (χ2n) is 11.3. The van der Waals surface area contributed by atoms with Crippen molar-refractivity contribution >= 4 is 46.9 Å². The molecule has 2 fully saturated rings. The second kappa shape index (κ2) is 10.9. The van der Waals surface area contributed by atoms with Crippen molar-refractivity contribution < 1.29 is 47.8 Å². The van der Waals surface area contributed by atoms with E-state index in [4.69, 9.17) is 9.47 Å². The van der Waals surface area contributed by atoms with Gasteiger partial charge in [-0.2, -0.15) is 0 Å². The van der Waals surface area contributed by atoms with E-state index in [0.717, 1.165) is 0 Å². The molecule has 6 rings (SSSR count). The fraction of sp³-hybridized carbons (Fsp3) is 0.375. The smallest absolute Gasteiger partial charge is 0.410 e. The van der Waals surface area contributed by atoms with Gasteiger partial charge in [-0.05, 0) is 48.9 Å². The van der Waals surface area contributed by atoms with Gasteiger partial charge < -0.3 is 9.47 Å². The first-order valence-electron chi connectivity index (χ1n) is 14.3. The van der Waals surface area contributed by atoms with Gasteiger partial charge in [-0.1, -0.05) is 24.3 Å². The summed E-state index contributed by atoms with van der Waals surface area (Å²) in [4.78, 5) is 107. The van der Waals surface area contributed by atoms with E-state index < -0.39 is 70.8 Å². The van der Waals surface area contributed by atoms with Gasteiger partial charge >= 0.3 is 12.2 Å². The quantitative estimate of drug-likeness (QED) is 0.467. The molecule has 4 atom stereocenters. The van der Waals surface area contributed by atoms with Gasteiger partial charge in [0, 0.05) is 35.3 Å². The SMILES string of the molecule is COC(=O)N1CCC[C@H]1C(=O)C1C(=O)c2ccc(-c3ccc4c(c3)C(=O)C(C(=O)[C@@H]3CCCN3C(=O)OC)C4=O)cc2C1=O. The molecule has 0 radical (unpaired) electrons. The molecule has 4 aliphatic rings. The molecule has 0 saturated carbocycles. The molecule has 12 nitrogen and oxygen atoms in total. The van der Waals surface area contributed by atoms with Crippen LogP contribution in [-0.4, -0.2) is 96.1 Å². The van der Waals surface area contributed by atoms with Crippen molar-refractivity contribution in [1.82, 2.24) is 9.80 Å². The Morgan fingerprint density at radius 3 is 1.32 bits per heavy atom. The van der Waals surface area contributed by atoms with Gasteiger partial charge in [0.1, 0.15) is 11.8 Å². The number of ether oxygens (including phenoxy) is 2. The maximum atomic E-state index is 13.4. The minimum Gasteiger partial charge on any atom is -0.453 e. The van der Waals surface area contributed by atoms with E-state index >= 15 is 0 Å². The van der Waals surface area contributed by atoms with Crippen LogP contribution in [0.4, 0.5) is 9.59 Å². The van der Waals surface area contributed by atoms with Crippen molar-refractivity contribution in [1.29, 1.82) is 0 Å². The van der Waals surface area contributed by atoms with Crippen LogP contribution in [0.2, 0.25) is 0 Å². The molecule has 0 aromatic heterocycles. The number of benzene rings is 2. The summed E-state index contributed by atoms with van der Waals surface area (Å²) in [6.45, 7) is 0.566. The van der Waals surface area contributed by atoms with Crippen molar-refractivity contribution in [3.8, 4) is 11.1 Å². The Morgan fingerprint density at radius 1 is 0.591 bits per heavy atom. The molecule has 2 saturated heterocycles. The predicted molar refractivity (Wildman–Crippen MR) is 150 cm³/mol. The van der Waals surface area contributed by atoms with Crippen LogP contribution in [0.1, 0.15) is 67.1 Å². The standard InChI is InChI=1S/C32H28N2O10/c1-43-31(41)33-11-3-5-21(33)29(39)23-25(35)17-9-7-15(13-19(17)27(23)37)16-8-10-18-20(14-16)28(38)24(26(18)36)30(40)22-6-4-12-34(22)32(42)44-2/h7-10,13-14,21-24H,3-6,11-12H2,1-2H3/t21-,22-,23?,24?/m0/s1. The summed E-state index contributed by atoms with van der Waals surface area (Å²) in [6, 6.07) is 7.10. The van der Waals surface area contributed by atoms with Crippen LogP contribution < -0.4 is 0 Å². The summed E-state index contributed by atoms with van der Waals surface area (Å²) < 4.78 is 9.50. The predicted octanol–water partition coefficient (Wildman–Crippen LogP) is 2.94. The summed E-state index contributed by atoms with van der Waals surface area (Å²) in [5.74, 6) is -7.04. The summed E-state index contributed by atoms with van der Waals surface area (Å²) in [5, 5.41) is 0. The van der Waals surface area contributed by atoms with E-state index in [2.05, 4.69) is 0 Å². The number of hydrogen-bond acceptors (Lipinski definition) is 10. The Morgan fingerprint density at radius 2 is 0.955 bits per heavy atom. The number of fused-ring (bicyclic) bond motifs is 2. The van der Waals surface area contributed by atoms with Crippen LogP contribution in [0.25, 0.3) is 11.1 Å². The topological polar surface area (TPSA) is 162 Å². The third-order valence-electron chi connectivity index (χ3n) is 9.03. The highest BCUT2D eigenvalue weighted by Gasteiger charge is 2.50. The number of rotatable bonds is 5. The molecular formula is C32H28N2O10. The highest BCUT2D eigenvalue weighted by atomic mass is 16.5. The Bertz CT molecular complexity index is 1570. The van der Waals surface area contributed by atoms with Crippen molar-refractivity contribution in [3.63, 3.8) is 0 Å². The molecule has 2 aliphatic heterocycles. The summed E-state index contributed by atoms with van der Waals surface area (Å²) >= 11 is 0. The van der Waals surface area contributed by atoms with Gasteiger partial charge in [0.15, 0.2) is 34.7 Å². The van der Waals surface area contributed by atoms with Gasteiger partial charge in [0.25, 0.3) is 0 Å². The number of likely N-dealkylation sites (tertiary alicyclic amines) is 2. The third-order valence-corrected chi connectivity index (χ3v) is 9.03. The Balaban J connectivity index is 1.26. The molecule has 2 heterocycles. The fourth-order valence-corrected chi connectivity index (χ4v) is 6.84. The van der Waals surface area contributed by atoms with Gasteiger partial charge in [-0.3, -0.25) is 38.6 Å². The first kappa shape index (κ1) is 29.1. The number of nitrogens with zero attached hydrogens (tertiary/aromatic N) is 2. The van der Waals surface area contributed by atoms with Gasteiger partial charge in [-0.25, -0.2) is 9.59 Å². The lowest BCUT2D eigenvalue weighted by atomic mass is 9.92. The average molecular weight is 601 g/mol. The monoisotopic (exact) mass is 600 g/mol. The molecule has 2 amide bonds. The first-order valence-corrected chi connectivity index (χ1v) is 14.3. The Labute approximate surface area is 251 Å². The molecular weight excluding hydrogens is 572 g/mol. The summed E-state index contributed by atoms with van der Waals surface area (Å²) in [6.07, 6.45) is 0.313. The van der Waals surface area contributed by atoms with Crippen LogP contribution >= 0.6 is 0 Å². The largest absolute Gasteiger partial charge is 0.453 e. The fourth-order valence-electron chi connectivity index (χ4n) is 6.84. The zero-order chi connectivity index (χ0) is 31.4. The van der Waals surface area contributed by atoms with Gasteiger partial charge in [0.05, 0.1) is 26.3 Å². The number of ketones is 6. The number of amides is 2. The van der Waals surface area contributed by atoms with Gasteiger partial charge in [-0.15, -0.1) is 0 Å². The lowest BCUT2D eigenvalue weighted by Gasteiger charge is -2.23.